The number of aromatic hydroxyl groups is 1. The van der Waals surface area contributed by atoms with Crippen molar-refractivity contribution in [3.05, 3.63) is 71.1 Å². The number of hydrogen-bond donors (Lipinski definition) is 2. The molecule has 4 aromatic rings. The lowest BCUT2D eigenvalue weighted by Gasteiger charge is -2.11. The lowest BCUT2D eigenvalue weighted by Crippen LogP contribution is -1.97. The number of halogens is 1. The number of phenolic OH excluding ortho intramolecular Hbond substituents is 1. The van der Waals surface area contributed by atoms with Gasteiger partial charge in [0, 0.05) is 28.1 Å². The van der Waals surface area contributed by atoms with Crippen LogP contribution in [0, 0.1) is 6.92 Å². The van der Waals surface area contributed by atoms with Gasteiger partial charge in [0.1, 0.15) is 17.3 Å². The summed E-state index contributed by atoms with van der Waals surface area (Å²) in [5, 5.41) is 13.7. The van der Waals surface area contributed by atoms with Gasteiger partial charge in [-0.3, -0.25) is 9.38 Å². The van der Waals surface area contributed by atoms with E-state index in [4.69, 9.17) is 0 Å². The predicted octanol–water partition coefficient (Wildman–Crippen LogP) is 4.92. The quantitative estimate of drug-likeness (QED) is 0.517. The molecule has 0 radical (unpaired) electrons. The Morgan fingerprint density at radius 2 is 2.00 bits per heavy atom. The molecule has 0 unspecified atom stereocenters. The van der Waals surface area contributed by atoms with Crippen LogP contribution in [0.1, 0.15) is 5.56 Å². The summed E-state index contributed by atoms with van der Waals surface area (Å²) in [5.74, 6) is 0.960. The number of nitrogens with one attached hydrogen (secondary N) is 1. The second kappa shape index (κ2) is 6.22. The van der Waals surface area contributed by atoms with E-state index < -0.39 is 0 Å². The minimum atomic E-state index is 0.187. The fourth-order valence-electron chi connectivity index (χ4n) is 2.70. The Labute approximate surface area is 153 Å². The van der Waals surface area contributed by atoms with E-state index in [0.29, 0.717) is 16.9 Å². The molecule has 6 heteroatoms. The van der Waals surface area contributed by atoms with Crippen LogP contribution < -0.4 is 5.32 Å². The summed E-state index contributed by atoms with van der Waals surface area (Å²) in [5.41, 5.74) is 4.12. The number of anilines is 2. The molecule has 2 aromatic heterocycles. The standard InChI is InChI=1S/C19H15BrN4O/c1-12-6-7-13(10-15(12)20)22-19-18(14-4-2-3-5-16(14)25)23-17-11-21-8-9-24(17)19/h2-11,22,25H,1H3. The molecule has 0 bridgehead atoms. The molecular formula is C19H15BrN4O. The molecule has 5 nitrogen and oxygen atoms in total. The number of imidazole rings is 1. The van der Waals surface area contributed by atoms with Gasteiger partial charge in [0.2, 0.25) is 0 Å². The highest BCUT2D eigenvalue weighted by atomic mass is 79.9. The summed E-state index contributed by atoms with van der Waals surface area (Å²) < 4.78 is 2.94. The van der Waals surface area contributed by atoms with Crippen LogP contribution in [0.2, 0.25) is 0 Å². The maximum atomic E-state index is 10.3. The average Bonchev–Trinajstić information content (AvgIpc) is 2.97. The van der Waals surface area contributed by atoms with Gasteiger partial charge in [-0.1, -0.05) is 34.1 Å². The van der Waals surface area contributed by atoms with Crippen molar-refractivity contribution < 1.29 is 5.11 Å². The number of aromatic nitrogens is 3. The summed E-state index contributed by atoms with van der Waals surface area (Å²) >= 11 is 3.56. The number of aryl methyl sites for hydroxylation is 1. The average molecular weight is 395 g/mol. The molecule has 0 aliphatic rings. The first kappa shape index (κ1) is 15.7. The largest absolute Gasteiger partial charge is 0.507 e. The molecule has 0 aliphatic carbocycles. The van der Waals surface area contributed by atoms with Gasteiger partial charge in [0.25, 0.3) is 0 Å². The molecule has 124 valence electrons. The number of para-hydroxylation sites is 1. The molecule has 2 aromatic carbocycles. The Hall–Kier alpha value is -2.86. The van der Waals surface area contributed by atoms with E-state index in [-0.39, 0.29) is 5.75 Å². The molecule has 2 N–H and O–H groups in total. The first-order valence-electron chi connectivity index (χ1n) is 7.77. The zero-order valence-corrected chi connectivity index (χ0v) is 15.0. The van der Waals surface area contributed by atoms with Crippen LogP contribution in [0.3, 0.4) is 0 Å². The lowest BCUT2D eigenvalue weighted by atomic mass is 10.1. The maximum absolute atomic E-state index is 10.3. The van der Waals surface area contributed by atoms with Gasteiger partial charge < -0.3 is 10.4 Å². The fraction of sp³-hybridized carbons (Fsp3) is 0.0526. The third kappa shape index (κ3) is 2.85. The van der Waals surface area contributed by atoms with Gasteiger partial charge in [-0.05, 0) is 36.8 Å². The first-order chi connectivity index (χ1) is 12.1. The van der Waals surface area contributed by atoms with Crippen LogP contribution in [-0.4, -0.2) is 19.5 Å². The van der Waals surface area contributed by atoms with Crippen molar-refractivity contribution in [3.8, 4) is 17.0 Å². The predicted molar refractivity (Wildman–Crippen MR) is 102 cm³/mol. The van der Waals surface area contributed by atoms with Crippen molar-refractivity contribution >= 4 is 33.1 Å². The van der Waals surface area contributed by atoms with Crippen molar-refractivity contribution in [2.45, 2.75) is 6.92 Å². The Bertz CT molecular complexity index is 1070. The van der Waals surface area contributed by atoms with Crippen LogP contribution in [0.25, 0.3) is 16.9 Å². The van der Waals surface area contributed by atoms with E-state index in [9.17, 15) is 5.11 Å². The highest BCUT2D eigenvalue weighted by Gasteiger charge is 2.17. The van der Waals surface area contributed by atoms with Crippen LogP contribution in [-0.2, 0) is 0 Å². The van der Waals surface area contributed by atoms with Gasteiger partial charge in [0.15, 0.2) is 5.65 Å². The summed E-state index contributed by atoms with van der Waals surface area (Å²) in [6.07, 6.45) is 5.25. The van der Waals surface area contributed by atoms with E-state index in [1.54, 1.807) is 24.5 Å². The van der Waals surface area contributed by atoms with Crippen LogP contribution >= 0.6 is 15.9 Å². The van der Waals surface area contributed by atoms with Crippen molar-refractivity contribution in [2.24, 2.45) is 0 Å². The van der Waals surface area contributed by atoms with Crippen molar-refractivity contribution in [1.82, 2.24) is 14.4 Å². The number of hydrogen-bond acceptors (Lipinski definition) is 4. The normalized spacial score (nSPS) is 11.0. The molecule has 2 heterocycles. The molecule has 0 atom stereocenters. The van der Waals surface area contributed by atoms with Crippen molar-refractivity contribution in [2.75, 3.05) is 5.32 Å². The molecular weight excluding hydrogens is 380 g/mol. The lowest BCUT2D eigenvalue weighted by molar-refractivity contribution is 0.477. The van der Waals surface area contributed by atoms with E-state index in [1.165, 1.54) is 0 Å². The maximum Gasteiger partial charge on any atom is 0.157 e. The Balaban J connectivity index is 1.90. The summed E-state index contributed by atoms with van der Waals surface area (Å²) in [4.78, 5) is 8.78. The molecule has 0 aliphatic heterocycles. The number of nitrogens with zero attached hydrogens (tertiary/aromatic N) is 3. The fourth-order valence-corrected chi connectivity index (χ4v) is 3.07. The molecule has 0 spiro atoms. The minimum absolute atomic E-state index is 0.187. The summed E-state index contributed by atoms with van der Waals surface area (Å²) in [6.45, 7) is 2.04. The second-order valence-corrected chi connectivity index (χ2v) is 6.57. The minimum Gasteiger partial charge on any atom is -0.507 e. The van der Waals surface area contributed by atoms with Crippen LogP contribution in [0.4, 0.5) is 11.5 Å². The van der Waals surface area contributed by atoms with Crippen LogP contribution in [0.15, 0.2) is 65.5 Å². The van der Waals surface area contributed by atoms with E-state index >= 15 is 0 Å². The monoisotopic (exact) mass is 394 g/mol. The number of phenols is 1. The van der Waals surface area contributed by atoms with Gasteiger partial charge in [-0.2, -0.15) is 0 Å². The molecule has 0 fully saturated rings. The van der Waals surface area contributed by atoms with E-state index in [0.717, 1.165) is 21.5 Å². The number of rotatable bonds is 3. The molecule has 0 saturated carbocycles. The zero-order valence-electron chi connectivity index (χ0n) is 13.4. The topological polar surface area (TPSA) is 62.5 Å². The molecule has 0 saturated heterocycles. The summed E-state index contributed by atoms with van der Waals surface area (Å²) in [6, 6.07) is 13.2. The highest BCUT2D eigenvalue weighted by Crippen LogP contribution is 2.36. The van der Waals surface area contributed by atoms with Gasteiger partial charge in [-0.15, -0.1) is 0 Å². The third-order valence-electron chi connectivity index (χ3n) is 4.02. The first-order valence-corrected chi connectivity index (χ1v) is 8.56. The molecule has 0 amide bonds. The van der Waals surface area contributed by atoms with Gasteiger partial charge in [-0.25, -0.2) is 4.98 Å². The third-order valence-corrected chi connectivity index (χ3v) is 4.88. The van der Waals surface area contributed by atoms with Gasteiger partial charge in [0.05, 0.1) is 6.20 Å². The smallest absolute Gasteiger partial charge is 0.157 e. The zero-order chi connectivity index (χ0) is 17.4. The number of benzene rings is 2. The summed E-state index contributed by atoms with van der Waals surface area (Å²) in [7, 11) is 0. The molecule has 25 heavy (non-hydrogen) atoms. The Morgan fingerprint density at radius 1 is 1.16 bits per heavy atom. The Kier molecular flexibility index (Phi) is 3.89. The van der Waals surface area contributed by atoms with E-state index in [1.807, 2.05) is 47.9 Å². The Morgan fingerprint density at radius 3 is 2.80 bits per heavy atom. The SMILES string of the molecule is Cc1ccc(Nc2c(-c3ccccc3O)nc3cnccn23)cc1Br. The second-order valence-electron chi connectivity index (χ2n) is 5.72. The van der Waals surface area contributed by atoms with Crippen LogP contribution in [0.5, 0.6) is 5.75 Å². The van der Waals surface area contributed by atoms with Crippen molar-refractivity contribution in [3.63, 3.8) is 0 Å². The van der Waals surface area contributed by atoms with E-state index in [2.05, 4.69) is 31.2 Å². The van der Waals surface area contributed by atoms with Crippen molar-refractivity contribution in [1.29, 1.82) is 0 Å². The molecule has 4 rings (SSSR count). The highest BCUT2D eigenvalue weighted by molar-refractivity contribution is 9.10. The number of fused-ring (bicyclic) bond motifs is 1. The van der Waals surface area contributed by atoms with Gasteiger partial charge >= 0.3 is 0 Å².